The van der Waals surface area contributed by atoms with E-state index in [1.807, 2.05) is 73.7 Å². The highest BCUT2D eigenvalue weighted by molar-refractivity contribution is 7.89. The van der Waals surface area contributed by atoms with Crippen LogP contribution in [0.15, 0.2) is 108 Å². The maximum Gasteiger partial charge on any atom is 0.335 e. The molecule has 1 aliphatic rings. The van der Waals surface area contributed by atoms with E-state index in [9.17, 15) is 13.2 Å². The standard InChI is InChI=1S/C28H27NO4S/c1-4-33-28(30)21(3)27-25(22-11-7-5-8-12-22)19-26(23-13-9-6-10-14-23)29(27)34(31,32)24-17-15-20(2)16-18-24/h5-19,25,27H,3-4H2,1-2H3/t25-,27-/m0/s1. The number of nitrogens with zero attached hydrogens (tertiary/aromatic N) is 1. The van der Waals surface area contributed by atoms with E-state index in [2.05, 4.69) is 6.58 Å². The molecule has 0 aliphatic carbocycles. The summed E-state index contributed by atoms with van der Waals surface area (Å²) in [5.74, 6) is -1.03. The third kappa shape index (κ3) is 4.41. The topological polar surface area (TPSA) is 63.7 Å². The molecule has 1 heterocycles. The van der Waals surface area contributed by atoms with Crippen molar-refractivity contribution in [3.63, 3.8) is 0 Å². The van der Waals surface area contributed by atoms with Crippen LogP contribution in [0.4, 0.5) is 0 Å². The smallest absolute Gasteiger partial charge is 0.335 e. The van der Waals surface area contributed by atoms with Crippen molar-refractivity contribution in [1.82, 2.24) is 4.31 Å². The van der Waals surface area contributed by atoms with Gasteiger partial charge in [0.25, 0.3) is 10.0 Å². The zero-order chi connectivity index (χ0) is 24.3. The summed E-state index contributed by atoms with van der Waals surface area (Å²) in [6.45, 7) is 7.80. The fourth-order valence-electron chi connectivity index (χ4n) is 4.22. The molecule has 0 saturated carbocycles. The molecule has 0 N–H and O–H groups in total. The second-order valence-corrected chi connectivity index (χ2v) is 9.97. The van der Waals surface area contributed by atoms with Gasteiger partial charge in [-0.1, -0.05) is 84.9 Å². The largest absolute Gasteiger partial charge is 0.463 e. The lowest BCUT2D eigenvalue weighted by Gasteiger charge is -2.32. The highest BCUT2D eigenvalue weighted by Crippen LogP contribution is 2.45. The number of hydrogen-bond donors (Lipinski definition) is 0. The Kier molecular flexibility index (Phi) is 6.70. The van der Waals surface area contributed by atoms with Crippen LogP contribution in [-0.2, 0) is 19.6 Å². The van der Waals surface area contributed by atoms with Gasteiger partial charge in [0, 0.05) is 5.92 Å². The van der Waals surface area contributed by atoms with Crippen molar-refractivity contribution in [1.29, 1.82) is 0 Å². The molecular weight excluding hydrogens is 446 g/mol. The molecule has 0 spiro atoms. The molecule has 34 heavy (non-hydrogen) atoms. The van der Waals surface area contributed by atoms with Crippen molar-refractivity contribution >= 4 is 21.7 Å². The first-order valence-electron chi connectivity index (χ1n) is 11.1. The number of hydrogen-bond acceptors (Lipinski definition) is 4. The Bertz CT molecular complexity index is 1310. The van der Waals surface area contributed by atoms with E-state index in [1.165, 1.54) is 4.31 Å². The van der Waals surface area contributed by atoms with E-state index in [0.29, 0.717) is 5.70 Å². The van der Waals surface area contributed by atoms with Crippen molar-refractivity contribution in [2.45, 2.75) is 30.7 Å². The van der Waals surface area contributed by atoms with Crippen molar-refractivity contribution in [2.24, 2.45) is 0 Å². The van der Waals surface area contributed by atoms with Gasteiger partial charge in [-0.2, -0.15) is 0 Å². The van der Waals surface area contributed by atoms with E-state index in [4.69, 9.17) is 4.74 Å². The van der Waals surface area contributed by atoms with Crippen molar-refractivity contribution < 1.29 is 17.9 Å². The van der Waals surface area contributed by atoms with Crippen LogP contribution >= 0.6 is 0 Å². The minimum Gasteiger partial charge on any atom is -0.463 e. The molecule has 1 aliphatic heterocycles. The third-order valence-corrected chi connectivity index (χ3v) is 7.70. The van der Waals surface area contributed by atoms with Gasteiger partial charge in [-0.25, -0.2) is 13.2 Å². The van der Waals surface area contributed by atoms with Crippen LogP contribution in [0.3, 0.4) is 0 Å². The average molecular weight is 474 g/mol. The minimum absolute atomic E-state index is 0.0913. The van der Waals surface area contributed by atoms with E-state index in [0.717, 1.165) is 16.7 Å². The van der Waals surface area contributed by atoms with Crippen LogP contribution in [-0.4, -0.2) is 31.3 Å². The van der Waals surface area contributed by atoms with Gasteiger partial charge in [0.2, 0.25) is 0 Å². The molecule has 4 rings (SSSR count). The number of ether oxygens (including phenoxy) is 1. The Morgan fingerprint density at radius 2 is 1.53 bits per heavy atom. The number of sulfonamides is 1. The van der Waals surface area contributed by atoms with Crippen LogP contribution in [0.25, 0.3) is 5.70 Å². The van der Waals surface area contributed by atoms with Gasteiger partial charge in [0.15, 0.2) is 0 Å². The highest BCUT2D eigenvalue weighted by atomic mass is 32.2. The molecule has 0 amide bonds. The first-order valence-corrected chi connectivity index (χ1v) is 12.6. The van der Waals surface area contributed by atoms with Crippen LogP contribution in [0, 0.1) is 6.92 Å². The molecule has 3 aromatic rings. The number of carbonyl (C=O) groups is 1. The van der Waals surface area contributed by atoms with Crippen LogP contribution in [0.5, 0.6) is 0 Å². The Labute approximate surface area is 201 Å². The lowest BCUT2D eigenvalue weighted by molar-refractivity contribution is -0.139. The molecule has 174 valence electrons. The Balaban J connectivity index is 1.94. The molecule has 0 aromatic heterocycles. The molecular formula is C28H27NO4S. The summed E-state index contributed by atoms with van der Waals surface area (Å²) in [7, 11) is -4.04. The van der Waals surface area contributed by atoms with Crippen LogP contribution < -0.4 is 0 Å². The van der Waals surface area contributed by atoms with Crippen molar-refractivity contribution in [3.05, 3.63) is 120 Å². The monoisotopic (exact) mass is 473 g/mol. The maximum atomic E-state index is 14.1. The van der Waals surface area contributed by atoms with Gasteiger partial charge in [0.1, 0.15) is 0 Å². The molecule has 3 aromatic carbocycles. The summed E-state index contributed by atoms with van der Waals surface area (Å²) in [5, 5.41) is 0. The number of esters is 1. The zero-order valence-electron chi connectivity index (χ0n) is 19.2. The number of carbonyl (C=O) groups excluding carboxylic acids is 1. The van der Waals surface area contributed by atoms with E-state index >= 15 is 0 Å². The molecule has 6 heteroatoms. The van der Waals surface area contributed by atoms with Gasteiger partial charge in [-0.3, -0.25) is 4.31 Å². The maximum absolute atomic E-state index is 14.1. The summed E-state index contributed by atoms with van der Waals surface area (Å²) in [4.78, 5) is 13.0. The molecule has 0 radical (unpaired) electrons. The number of rotatable bonds is 7. The van der Waals surface area contributed by atoms with Crippen molar-refractivity contribution in [2.75, 3.05) is 6.61 Å². The van der Waals surface area contributed by atoms with Crippen LogP contribution in [0.2, 0.25) is 0 Å². The molecule has 2 atom stereocenters. The predicted molar refractivity (Wildman–Crippen MR) is 133 cm³/mol. The molecule has 0 bridgehead atoms. The minimum atomic E-state index is -4.04. The van der Waals surface area contributed by atoms with E-state index in [1.54, 1.807) is 31.2 Å². The second kappa shape index (κ2) is 9.69. The van der Waals surface area contributed by atoms with Gasteiger partial charge < -0.3 is 4.74 Å². The number of benzene rings is 3. The van der Waals surface area contributed by atoms with Crippen LogP contribution in [0.1, 0.15) is 29.5 Å². The Morgan fingerprint density at radius 1 is 0.941 bits per heavy atom. The Hall–Kier alpha value is -3.64. The summed E-state index contributed by atoms with van der Waals surface area (Å²) >= 11 is 0. The Morgan fingerprint density at radius 3 is 2.12 bits per heavy atom. The molecule has 0 unspecified atom stereocenters. The predicted octanol–water partition coefficient (Wildman–Crippen LogP) is 5.31. The van der Waals surface area contributed by atoms with E-state index in [-0.39, 0.29) is 17.1 Å². The second-order valence-electron chi connectivity index (χ2n) is 8.16. The lowest BCUT2D eigenvalue weighted by Crippen LogP contribution is -2.41. The first kappa shape index (κ1) is 23.5. The SMILES string of the molecule is C=C(C(=O)OCC)[C@H]1[C@H](c2ccccc2)C=C(c2ccccc2)N1S(=O)(=O)c1ccc(C)cc1. The lowest BCUT2D eigenvalue weighted by atomic mass is 9.89. The molecule has 0 fully saturated rings. The van der Waals surface area contributed by atoms with Gasteiger partial charge in [-0.05, 0) is 43.2 Å². The number of aryl methyl sites for hydroxylation is 1. The van der Waals surface area contributed by atoms with Gasteiger partial charge in [-0.15, -0.1) is 0 Å². The molecule has 5 nitrogen and oxygen atoms in total. The van der Waals surface area contributed by atoms with Gasteiger partial charge in [0.05, 0.1) is 28.8 Å². The summed E-state index contributed by atoms with van der Waals surface area (Å²) < 4.78 is 34.8. The fourth-order valence-corrected chi connectivity index (χ4v) is 5.91. The fraction of sp³-hybridized carbons (Fsp3) is 0.179. The molecule has 0 saturated heterocycles. The zero-order valence-corrected chi connectivity index (χ0v) is 20.0. The van der Waals surface area contributed by atoms with Crippen molar-refractivity contribution in [3.8, 4) is 0 Å². The average Bonchev–Trinajstić information content (AvgIpc) is 3.27. The first-order chi connectivity index (χ1) is 16.3. The van der Waals surface area contributed by atoms with Gasteiger partial charge >= 0.3 is 5.97 Å². The summed E-state index contributed by atoms with van der Waals surface area (Å²) in [6, 6.07) is 24.7. The normalized spacial score (nSPS) is 17.8. The summed E-state index contributed by atoms with van der Waals surface area (Å²) in [6.07, 6.45) is 1.91. The van der Waals surface area contributed by atoms with E-state index < -0.39 is 28.0 Å². The third-order valence-electron chi connectivity index (χ3n) is 5.89. The quantitative estimate of drug-likeness (QED) is 0.345. The summed E-state index contributed by atoms with van der Waals surface area (Å²) in [5.41, 5.74) is 3.17. The highest BCUT2D eigenvalue weighted by Gasteiger charge is 2.46.